The van der Waals surface area contributed by atoms with E-state index in [0.717, 1.165) is 25.7 Å². The highest BCUT2D eigenvalue weighted by atomic mass is 19.1. The molecular formula is C20H26FN3O2. The zero-order valence-electron chi connectivity index (χ0n) is 14.9. The second-order valence-electron chi connectivity index (χ2n) is 7.96. The largest absolute Gasteiger partial charge is 0.369 e. The molecule has 3 heterocycles. The number of fused-ring (bicyclic) bond motifs is 2. The number of nitrogens with two attached hydrogens (primary N) is 1. The summed E-state index contributed by atoms with van der Waals surface area (Å²) in [5.74, 6) is -0.154. The van der Waals surface area contributed by atoms with Gasteiger partial charge in [0, 0.05) is 31.1 Å². The summed E-state index contributed by atoms with van der Waals surface area (Å²) in [7, 11) is 0. The molecule has 26 heavy (non-hydrogen) atoms. The van der Waals surface area contributed by atoms with Gasteiger partial charge in [0.2, 0.25) is 5.91 Å². The maximum Gasteiger partial charge on any atom is 0.320 e. The van der Waals surface area contributed by atoms with Crippen molar-refractivity contribution >= 4 is 11.9 Å². The van der Waals surface area contributed by atoms with E-state index in [1.54, 1.807) is 0 Å². The molecule has 3 atom stereocenters. The summed E-state index contributed by atoms with van der Waals surface area (Å²) >= 11 is 0. The molecule has 2 bridgehead atoms. The predicted molar refractivity (Wildman–Crippen MR) is 95.9 cm³/mol. The number of rotatable bonds is 2. The van der Waals surface area contributed by atoms with Crippen LogP contribution in [0.25, 0.3) is 0 Å². The monoisotopic (exact) mass is 359 g/mol. The third-order valence-corrected chi connectivity index (χ3v) is 6.46. The molecule has 6 heteroatoms. The van der Waals surface area contributed by atoms with Gasteiger partial charge in [-0.25, -0.2) is 9.18 Å². The average Bonchev–Trinajstić information content (AvgIpc) is 2.91. The molecule has 0 radical (unpaired) electrons. The highest BCUT2D eigenvalue weighted by molar-refractivity contribution is 5.78. The zero-order chi connectivity index (χ0) is 18.3. The number of carbonyl (C=O) groups excluding carboxylic acids is 2. The molecule has 1 unspecified atom stereocenters. The molecule has 0 saturated carbocycles. The lowest BCUT2D eigenvalue weighted by molar-refractivity contribution is -0.123. The first kappa shape index (κ1) is 17.3. The fraction of sp³-hybridized carbons (Fsp3) is 0.600. The fourth-order valence-electron chi connectivity index (χ4n) is 5.02. The van der Waals surface area contributed by atoms with Crippen molar-refractivity contribution in [1.29, 1.82) is 0 Å². The molecular weight excluding hydrogens is 333 g/mol. The number of hydrogen-bond acceptors (Lipinski definition) is 2. The number of carbonyl (C=O) groups is 2. The SMILES string of the molecule is NC(=O)C1CCN(C(=O)N2[C@@H]3CC[C@H]2CC(c2ccc(F)cc2)C3)CC1. The molecule has 140 valence electrons. The predicted octanol–water partition coefficient (Wildman–Crippen LogP) is 2.85. The smallest absolute Gasteiger partial charge is 0.320 e. The second-order valence-corrected chi connectivity index (χ2v) is 7.96. The standard InChI is InChI=1S/C20H26FN3O2/c21-16-3-1-13(2-4-16)15-11-17-5-6-18(12-15)24(17)20(26)23-9-7-14(8-10-23)19(22)25/h1-4,14-15,17-18H,5-12H2,(H2,22,25)/t15?,17-,18+. The lowest BCUT2D eigenvalue weighted by atomic mass is 9.85. The van der Waals surface area contributed by atoms with Crippen LogP contribution < -0.4 is 5.73 Å². The van der Waals surface area contributed by atoms with E-state index >= 15 is 0 Å². The number of benzene rings is 1. The topological polar surface area (TPSA) is 66.6 Å². The van der Waals surface area contributed by atoms with E-state index in [-0.39, 0.29) is 35.8 Å². The molecule has 3 fully saturated rings. The summed E-state index contributed by atoms with van der Waals surface area (Å²) < 4.78 is 13.2. The van der Waals surface area contributed by atoms with Gasteiger partial charge in [-0.3, -0.25) is 4.79 Å². The van der Waals surface area contributed by atoms with Crippen molar-refractivity contribution in [3.05, 3.63) is 35.6 Å². The number of urea groups is 1. The molecule has 1 aromatic rings. The van der Waals surface area contributed by atoms with E-state index in [0.29, 0.717) is 31.8 Å². The fourth-order valence-corrected chi connectivity index (χ4v) is 5.02. The van der Waals surface area contributed by atoms with Gasteiger partial charge in [0.1, 0.15) is 5.82 Å². The molecule has 0 spiro atoms. The Hall–Kier alpha value is -2.11. The van der Waals surface area contributed by atoms with Gasteiger partial charge in [-0.15, -0.1) is 0 Å². The first-order valence-corrected chi connectivity index (χ1v) is 9.65. The first-order valence-electron chi connectivity index (χ1n) is 9.65. The van der Waals surface area contributed by atoms with Gasteiger partial charge in [0.15, 0.2) is 0 Å². The number of hydrogen-bond donors (Lipinski definition) is 1. The van der Waals surface area contributed by atoms with Crippen molar-refractivity contribution in [2.45, 2.75) is 56.5 Å². The number of nitrogens with zero attached hydrogens (tertiary/aromatic N) is 2. The van der Waals surface area contributed by atoms with Crippen molar-refractivity contribution in [3.63, 3.8) is 0 Å². The molecule has 0 aromatic heterocycles. The summed E-state index contributed by atoms with van der Waals surface area (Å²) in [6.45, 7) is 1.23. The van der Waals surface area contributed by atoms with Gasteiger partial charge in [0.05, 0.1) is 0 Å². The first-order chi connectivity index (χ1) is 12.5. The molecule has 3 aliphatic heterocycles. The highest BCUT2D eigenvalue weighted by Crippen LogP contribution is 2.43. The van der Waals surface area contributed by atoms with E-state index < -0.39 is 0 Å². The van der Waals surface area contributed by atoms with Crippen LogP contribution >= 0.6 is 0 Å². The van der Waals surface area contributed by atoms with Crippen LogP contribution in [-0.2, 0) is 4.79 Å². The Morgan fingerprint density at radius 1 is 0.962 bits per heavy atom. The van der Waals surface area contributed by atoms with Crippen LogP contribution in [0.1, 0.15) is 50.0 Å². The van der Waals surface area contributed by atoms with Crippen LogP contribution in [0.5, 0.6) is 0 Å². The quantitative estimate of drug-likeness (QED) is 0.882. The van der Waals surface area contributed by atoms with Crippen molar-refractivity contribution < 1.29 is 14.0 Å². The molecule has 4 rings (SSSR count). The minimum Gasteiger partial charge on any atom is -0.369 e. The van der Waals surface area contributed by atoms with Gasteiger partial charge < -0.3 is 15.5 Å². The van der Waals surface area contributed by atoms with E-state index in [1.807, 2.05) is 17.0 Å². The molecule has 3 saturated heterocycles. The van der Waals surface area contributed by atoms with Gasteiger partial charge in [0.25, 0.3) is 0 Å². The molecule has 5 nitrogen and oxygen atoms in total. The van der Waals surface area contributed by atoms with E-state index in [1.165, 1.54) is 17.7 Å². The Bertz CT molecular complexity index is 671. The molecule has 1 aromatic carbocycles. The summed E-state index contributed by atoms with van der Waals surface area (Å²) in [4.78, 5) is 28.4. The Balaban J connectivity index is 1.41. The number of piperidine rings is 2. The van der Waals surface area contributed by atoms with E-state index in [2.05, 4.69) is 4.90 Å². The van der Waals surface area contributed by atoms with E-state index in [9.17, 15) is 14.0 Å². The van der Waals surface area contributed by atoms with Gasteiger partial charge >= 0.3 is 6.03 Å². The third kappa shape index (κ3) is 3.17. The van der Waals surface area contributed by atoms with Crippen LogP contribution in [0.15, 0.2) is 24.3 Å². The highest BCUT2D eigenvalue weighted by Gasteiger charge is 2.45. The summed E-state index contributed by atoms with van der Waals surface area (Å²) in [5, 5.41) is 0. The van der Waals surface area contributed by atoms with Crippen molar-refractivity contribution in [2.24, 2.45) is 11.7 Å². The average molecular weight is 359 g/mol. The Kier molecular flexibility index (Phi) is 4.59. The van der Waals surface area contributed by atoms with Crippen molar-refractivity contribution in [1.82, 2.24) is 9.80 Å². The van der Waals surface area contributed by atoms with Crippen LogP contribution in [0.2, 0.25) is 0 Å². The van der Waals surface area contributed by atoms with Gasteiger partial charge in [-0.2, -0.15) is 0 Å². The zero-order valence-corrected chi connectivity index (χ0v) is 14.9. The normalized spacial score (nSPS) is 29.0. The van der Waals surface area contributed by atoms with Crippen LogP contribution in [0, 0.1) is 11.7 Å². The number of primary amides is 1. The third-order valence-electron chi connectivity index (χ3n) is 6.46. The van der Waals surface area contributed by atoms with E-state index in [4.69, 9.17) is 5.73 Å². The summed E-state index contributed by atoms with van der Waals surface area (Å²) in [5.41, 5.74) is 6.57. The summed E-state index contributed by atoms with van der Waals surface area (Å²) in [6, 6.07) is 7.47. The number of likely N-dealkylation sites (tertiary alicyclic amines) is 1. The lowest BCUT2D eigenvalue weighted by Crippen LogP contribution is -2.54. The van der Waals surface area contributed by atoms with Crippen molar-refractivity contribution in [3.8, 4) is 0 Å². The maximum absolute atomic E-state index is 13.2. The molecule has 3 amide bonds. The summed E-state index contributed by atoms with van der Waals surface area (Å²) in [6.07, 6.45) is 5.33. The molecule has 2 N–H and O–H groups in total. The van der Waals surface area contributed by atoms with Crippen molar-refractivity contribution in [2.75, 3.05) is 13.1 Å². The molecule has 0 aliphatic carbocycles. The van der Waals surface area contributed by atoms with Crippen LogP contribution in [-0.4, -0.2) is 46.9 Å². The Morgan fingerprint density at radius 2 is 1.54 bits per heavy atom. The molecule has 3 aliphatic rings. The van der Waals surface area contributed by atoms with Gasteiger partial charge in [-0.1, -0.05) is 12.1 Å². The van der Waals surface area contributed by atoms with Crippen LogP contribution in [0.3, 0.4) is 0 Å². The van der Waals surface area contributed by atoms with Crippen LogP contribution in [0.4, 0.5) is 9.18 Å². The number of amides is 3. The number of halogens is 1. The maximum atomic E-state index is 13.2. The minimum atomic E-state index is -0.253. The van der Waals surface area contributed by atoms with Gasteiger partial charge in [-0.05, 0) is 62.1 Å². The minimum absolute atomic E-state index is 0.0972. The second kappa shape index (κ2) is 6.89. The lowest BCUT2D eigenvalue weighted by Gasteiger charge is -2.43. The Labute approximate surface area is 153 Å². The Morgan fingerprint density at radius 3 is 2.08 bits per heavy atom.